The Morgan fingerprint density at radius 1 is 1.21 bits per heavy atom. The number of morpholine rings is 1. The molecule has 1 amide bonds. The van der Waals surface area contributed by atoms with Crippen LogP contribution >= 0.6 is 0 Å². The van der Waals surface area contributed by atoms with Crippen molar-refractivity contribution in [1.82, 2.24) is 0 Å². The van der Waals surface area contributed by atoms with Gasteiger partial charge in [-0.1, -0.05) is 12.1 Å². The zero-order valence-corrected chi connectivity index (χ0v) is 16.2. The molecule has 2 aromatic rings. The van der Waals surface area contributed by atoms with E-state index in [2.05, 4.69) is 15.5 Å². The first-order chi connectivity index (χ1) is 14.1. The molecule has 0 aromatic heterocycles. The van der Waals surface area contributed by atoms with Crippen molar-refractivity contribution < 1.29 is 19.2 Å². The predicted molar refractivity (Wildman–Crippen MR) is 111 cm³/mol. The number of para-hydroxylation sites is 2. The molecular formula is C20H24N4O5. The number of rotatable bonds is 8. The minimum atomic E-state index is -0.506. The summed E-state index contributed by atoms with van der Waals surface area (Å²) >= 11 is 0. The topological polar surface area (TPSA) is 106 Å². The fourth-order valence-corrected chi connectivity index (χ4v) is 3.12. The average molecular weight is 400 g/mol. The van der Waals surface area contributed by atoms with Crippen LogP contribution in [0.2, 0.25) is 0 Å². The second-order valence-corrected chi connectivity index (χ2v) is 6.48. The van der Waals surface area contributed by atoms with Gasteiger partial charge in [0.05, 0.1) is 36.1 Å². The number of nitrogens with one attached hydrogen (secondary N) is 2. The molecule has 1 fully saturated rings. The molecule has 0 saturated carbocycles. The van der Waals surface area contributed by atoms with E-state index >= 15 is 0 Å². The highest BCUT2D eigenvalue weighted by Gasteiger charge is 2.20. The van der Waals surface area contributed by atoms with Crippen LogP contribution < -0.4 is 15.5 Å². The van der Waals surface area contributed by atoms with Gasteiger partial charge in [-0.15, -0.1) is 0 Å². The number of anilines is 3. The predicted octanol–water partition coefficient (Wildman–Crippen LogP) is 2.74. The molecule has 29 heavy (non-hydrogen) atoms. The van der Waals surface area contributed by atoms with Gasteiger partial charge in [0.25, 0.3) is 11.6 Å². The van der Waals surface area contributed by atoms with Gasteiger partial charge >= 0.3 is 0 Å². The number of carbonyl (C=O) groups is 1. The number of nitro benzene ring substituents is 1. The van der Waals surface area contributed by atoms with Gasteiger partial charge < -0.3 is 25.0 Å². The summed E-state index contributed by atoms with van der Waals surface area (Å²) in [6.07, 6.45) is 0. The van der Waals surface area contributed by atoms with E-state index < -0.39 is 10.8 Å². The third-order valence-corrected chi connectivity index (χ3v) is 4.58. The molecule has 1 heterocycles. The second kappa shape index (κ2) is 9.85. The SMILES string of the molecule is COCCNc1ccc(C(=O)Nc2ccccc2N2CCOCC2)cc1[N+](=O)[O-]. The van der Waals surface area contributed by atoms with Crippen LogP contribution in [-0.4, -0.2) is 57.4 Å². The zero-order valence-electron chi connectivity index (χ0n) is 16.2. The monoisotopic (exact) mass is 400 g/mol. The van der Waals surface area contributed by atoms with Gasteiger partial charge in [0.15, 0.2) is 0 Å². The number of hydrogen-bond donors (Lipinski definition) is 2. The first kappa shape index (κ1) is 20.6. The van der Waals surface area contributed by atoms with Crippen LogP contribution in [0.4, 0.5) is 22.7 Å². The first-order valence-corrected chi connectivity index (χ1v) is 9.34. The molecule has 2 aromatic carbocycles. The minimum absolute atomic E-state index is 0.157. The Balaban J connectivity index is 1.79. The molecule has 0 radical (unpaired) electrons. The van der Waals surface area contributed by atoms with E-state index in [-0.39, 0.29) is 11.3 Å². The van der Waals surface area contributed by atoms with Gasteiger partial charge in [0.1, 0.15) is 5.69 Å². The Bertz CT molecular complexity index is 868. The molecule has 0 bridgehead atoms. The third-order valence-electron chi connectivity index (χ3n) is 4.58. The highest BCUT2D eigenvalue weighted by atomic mass is 16.6. The summed E-state index contributed by atoms with van der Waals surface area (Å²) in [5.41, 5.74) is 1.96. The molecule has 0 aliphatic carbocycles. The molecular weight excluding hydrogens is 376 g/mol. The molecule has 9 nitrogen and oxygen atoms in total. The van der Waals surface area contributed by atoms with E-state index in [4.69, 9.17) is 9.47 Å². The van der Waals surface area contributed by atoms with Gasteiger partial charge in [-0.25, -0.2) is 0 Å². The summed E-state index contributed by atoms with van der Waals surface area (Å²) in [7, 11) is 1.55. The zero-order chi connectivity index (χ0) is 20.6. The highest BCUT2D eigenvalue weighted by molar-refractivity contribution is 6.06. The van der Waals surface area contributed by atoms with E-state index in [0.717, 1.165) is 18.8 Å². The van der Waals surface area contributed by atoms with Crippen molar-refractivity contribution in [3.63, 3.8) is 0 Å². The second-order valence-electron chi connectivity index (χ2n) is 6.48. The van der Waals surface area contributed by atoms with E-state index in [1.165, 1.54) is 12.1 Å². The van der Waals surface area contributed by atoms with Crippen LogP contribution in [0.3, 0.4) is 0 Å². The number of nitrogens with zero attached hydrogens (tertiary/aromatic N) is 2. The molecule has 9 heteroatoms. The van der Waals surface area contributed by atoms with Crippen molar-refractivity contribution in [2.75, 3.05) is 62.1 Å². The van der Waals surface area contributed by atoms with Crippen LogP contribution in [0.25, 0.3) is 0 Å². The Morgan fingerprint density at radius 2 is 1.97 bits per heavy atom. The van der Waals surface area contributed by atoms with E-state index in [1.54, 1.807) is 13.2 Å². The van der Waals surface area contributed by atoms with Gasteiger partial charge in [0.2, 0.25) is 0 Å². The molecule has 0 spiro atoms. The lowest BCUT2D eigenvalue weighted by atomic mass is 10.1. The molecule has 154 valence electrons. The van der Waals surface area contributed by atoms with E-state index in [1.807, 2.05) is 24.3 Å². The number of methoxy groups -OCH3 is 1. The van der Waals surface area contributed by atoms with Gasteiger partial charge in [-0.2, -0.15) is 0 Å². The van der Waals surface area contributed by atoms with Crippen molar-refractivity contribution in [2.45, 2.75) is 0 Å². The lowest BCUT2D eigenvalue weighted by Gasteiger charge is -2.30. The van der Waals surface area contributed by atoms with Crippen LogP contribution in [-0.2, 0) is 9.47 Å². The number of amides is 1. The Hall–Kier alpha value is -3.17. The number of nitro groups is 1. The highest BCUT2D eigenvalue weighted by Crippen LogP contribution is 2.29. The quantitative estimate of drug-likeness (QED) is 0.399. The molecule has 1 aliphatic heterocycles. The fraction of sp³-hybridized carbons (Fsp3) is 0.350. The maximum absolute atomic E-state index is 12.8. The maximum atomic E-state index is 12.8. The Kier molecular flexibility index (Phi) is 6.99. The summed E-state index contributed by atoms with van der Waals surface area (Å²) in [5, 5.41) is 17.3. The molecule has 1 saturated heterocycles. The summed E-state index contributed by atoms with van der Waals surface area (Å²) in [4.78, 5) is 25.8. The van der Waals surface area contributed by atoms with Gasteiger partial charge in [-0.05, 0) is 24.3 Å². The minimum Gasteiger partial charge on any atom is -0.383 e. The first-order valence-electron chi connectivity index (χ1n) is 9.34. The summed E-state index contributed by atoms with van der Waals surface area (Å²) in [6, 6.07) is 11.9. The van der Waals surface area contributed by atoms with Crippen LogP contribution in [0.5, 0.6) is 0 Å². The number of benzene rings is 2. The van der Waals surface area contributed by atoms with Crippen molar-refractivity contribution in [3.05, 3.63) is 58.1 Å². The summed E-state index contributed by atoms with van der Waals surface area (Å²) in [5.74, 6) is -0.405. The van der Waals surface area contributed by atoms with Gasteiger partial charge in [0, 0.05) is 38.4 Å². The van der Waals surface area contributed by atoms with Crippen molar-refractivity contribution in [1.29, 1.82) is 0 Å². The summed E-state index contributed by atoms with van der Waals surface area (Å²) < 4.78 is 10.3. The van der Waals surface area contributed by atoms with Crippen LogP contribution in [0, 0.1) is 10.1 Å². The summed E-state index contributed by atoms with van der Waals surface area (Å²) in [6.45, 7) is 3.58. The smallest absolute Gasteiger partial charge is 0.293 e. The van der Waals surface area contributed by atoms with Crippen molar-refractivity contribution >= 4 is 28.7 Å². The molecule has 0 atom stereocenters. The van der Waals surface area contributed by atoms with Crippen LogP contribution in [0.15, 0.2) is 42.5 Å². The lowest BCUT2D eigenvalue weighted by Crippen LogP contribution is -2.36. The molecule has 0 unspecified atom stereocenters. The molecule has 1 aliphatic rings. The average Bonchev–Trinajstić information content (AvgIpc) is 2.75. The number of ether oxygens (including phenoxy) is 2. The largest absolute Gasteiger partial charge is 0.383 e. The lowest BCUT2D eigenvalue weighted by molar-refractivity contribution is -0.384. The van der Waals surface area contributed by atoms with E-state index in [9.17, 15) is 14.9 Å². The molecule has 2 N–H and O–H groups in total. The van der Waals surface area contributed by atoms with Crippen LogP contribution in [0.1, 0.15) is 10.4 Å². The number of hydrogen-bond acceptors (Lipinski definition) is 7. The van der Waals surface area contributed by atoms with Gasteiger partial charge in [-0.3, -0.25) is 14.9 Å². The van der Waals surface area contributed by atoms with E-state index in [0.29, 0.717) is 37.7 Å². The Labute approximate surface area is 168 Å². The maximum Gasteiger partial charge on any atom is 0.293 e. The standard InChI is InChI=1S/C20H24N4O5/c1-28-11-8-21-16-7-6-15(14-19(16)24(26)27)20(25)22-17-4-2-3-5-18(17)23-9-12-29-13-10-23/h2-7,14,21H,8-13H2,1H3,(H,22,25). The number of carbonyl (C=O) groups excluding carboxylic acids is 1. The van der Waals surface area contributed by atoms with Crippen molar-refractivity contribution in [3.8, 4) is 0 Å². The Morgan fingerprint density at radius 3 is 2.69 bits per heavy atom. The molecule has 3 rings (SSSR count). The normalized spacial score (nSPS) is 13.8. The third kappa shape index (κ3) is 5.21. The van der Waals surface area contributed by atoms with Crippen molar-refractivity contribution in [2.24, 2.45) is 0 Å². The fourth-order valence-electron chi connectivity index (χ4n) is 3.12.